The van der Waals surface area contributed by atoms with E-state index >= 15 is 0 Å². The molecule has 4 nitrogen and oxygen atoms in total. The fourth-order valence-corrected chi connectivity index (χ4v) is 4.31. The third-order valence-corrected chi connectivity index (χ3v) is 5.70. The van der Waals surface area contributed by atoms with Crippen molar-refractivity contribution in [2.45, 2.75) is 18.4 Å². The van der Waals surface area contributed by atoms with E-state index in [1.165, 1.54) is 11.3 Å². The molecule has 2 aromatic rings. The summed E-state index contributed by atoms with van der Waals surface area (Å²) in [4.78, 5) is 17.8. The molecule has 1 amide bonds. The Kier molecular flexibility index (Phi) is 5.04. The predicted molar refractivity (Wildman–Crippen MR) is 97.4 cm³/mol. The van der Waals surface area contributed by atoms with E-state index in [4.69, 9.17) is 0 Å². The molecule has 1 aliphatic rings. The second kappa shape index (κ2) is 7.05. The Morgan fingerprint density at radius 1 is 1.29 bits per heavy atom. The van der Waals surface area contributed by atoms with Crippen LogP contribution in [-0.2, 0) is 12.0 Å². The molecule has 0 saturated carbocycles. The Morgan fingerprint density at radius 3 is 2.71 bits per heavy atom. The first-order valence-corrected chi connectivity index (χ1v) is 9.10. The molecule has 2 heterocycles. The number of amides is 1. The molecule has 1 aliphatic heterocycles. The van der Waals surface area contributed by atoms with Crippen molar-refractivity contribution in [3.05, 3.63) is 57.8 Å². The van der Waals surface area contributed by atoms with Gasteiger partial charge in [0.15, 0.2) is 0 Å². The lowest BCUT2D eigenvalue weighted by Crippen LogP contribution is -2.37. The van der Waals surface area contributed by atoms with Crippen molar-refractivity contribution in [2.24, 2.45) is 0 Å². The van der Waals surface area contributed by atoms with Gasteiger partial charge in [0, 0.05) is 25.0 Å². The van der Waals surface area contributed by atoms with E-state index in [0.717, 1.165) is 29.0 Å². The maximum atomic E-state index is 13.0. The van der Waals surface area contributed by atoms with Crippen LogP contribution in [0.3, 0.4) is 0 Å². The summed E-state index contributed by atoms with van der Waals surface area (Å²) >= 11 is 1.51. The van der Waals surface area contributed by atoms with Crippen molar-refractivity contribution < 1.29 is 9.90 Å². The van der Waals surface area contributed by atoms with Gasteiger partial charge in [0.25, 0.3) is 5.91 Å². The lowest BCUT2D eigenvalue weighted by atomic mass is 9.80. The summed E-state index contributed by atoms with van der Waals surface area (Å²) in [6.45, 7) is 2.09. The van der Waals surface area contributed by atoms with Crippen LogP contribution in [0.1, 0.15) is 27.2 Å². The van der Waals surface area contributed by atoms with E-state index in [1.807, 2.05) is 60.8 Å². The van der Waals surface area contributed by atoms with Crippen LogP contribution in [0.25, 0.3) is 0 Å². The maximum absolute atomic E-state index is 13.0. The molecule has 0 spiro atoms. The van der Waals surface area contributed by atoms with Gasteiger partial charge in [-0.2, -0.15) is 0 Å². The molecule has 1 atom stereocenters. The highest BCUT2D eigenvalue weighted by atomic mass is 32.1. The first kappa shape index (κ1) is 17.1. The molecule has 1 fully saturated rings. The van der Waals surface area contributed by atoms with E-state index in [2.05, 4.69) is 4.90 Å². The minimum Gasteiger partial charge on any atom is -0.395 e. The van der Waals surface area contributed by atoms with Crippen LogP contribution in [0.5, 0.6) is 0 Å². The second-order valence-corrected chi connectivity index (χ2v) is 7.71. The van der Waals surface area contributed by atoms with E-state index in [9.17, 15) is 9.90 Å². The van der Waals surface area contributed by atoms with E-state index < -0.39 is 0 Å². The van der Waals surface area contributed by atoms with Crippen LogP contribution in [0.4, 0.5) is 0 Å². The Hall–Kier alpha value is -1.69. The quantitative estimate of drug-likeness (QED) is 0.907. The monoisotopic (exact) mass is 344 g/mol. The molecule has 0 bridgehead atoms. The molecule has 1 unspecified atom stereocenters. The zero-order valence-corrected chi connectivity index (χ0v) is 15.1. The van der Waals surface area contributed by atoms with Gasteiger partial charge in [0.1, 0.15) is 0 Å². The fourth-order valence-electron chi connectivity index (χ4n) is 3.43. The van der Waals surface area contributed by atoms with Crippen LogP contribution in [-0.4, -0.2) is 54.6 Å². The van der Waals surface area contributed by atoms with Crippen LogP contribution in [0.15, 0.2) is 41.8 Å². The molecule has 0 aliphatic carbocycles. The number of carbonyl (C=O) groups is 1. The van der Waals surface area contributed by atoms with Crippen LogP contribution >= 0.6 is 11.3 Å². The van der Waals surface area contributed by atoms with E-state index in [-0.39, 0.29) is 17.9 Å². The third-order valence-electron chi connectivity index (χ3n) is 4.76. The summed E-state index contributed by atoms with van der Waals surface area (Å²) in [5.41, 5.74) is 1.86. The summed E-state index contributed by atoms with van der Waals surface area (Å²) in [6.07, 6.45) is 0.799. The number of likely N-dealkylation sites (tertiary alicyclic amines) is 1. The van der Waals surface area contributed by atoms with Crippen molar-refractivity contribution in [3.8, 4) is 0 Å². The van der Waals surface area contributed by atoms with Crippen molar-refractivity contribution in [1.82, 2.24) is 9.80 Å². The third kappa shape index (κ3) is 3.24. The molecular weight excluding hydrogens is 320 g/mol. The fraction of sp³-hybridized carbons (Fsp3) is 0.421. The standard InChI is InChI=1S/C19H24N2O2S/c1-20(2)12-15-8-11-24-17(15)18(23)21-10-9-19(13-21,14-22)16-6-4-3-5-7-16/h3-8,11,22H,9-10,12-14H2,1-2H3. The Labute approximate surface area is 147 Å². The van der Waals surface area contributed by atoms with E-state index in [0.29, 0.717) is 13.1 Å². The van der Waals surface area contributed by atoms with Crippen LogP contribution in [0.2, 0.25) is 0 Å². The number of hydrogen-bond donors (Lipinski definition) is 1. The first-order chi connectivity index (χ1) is 11.6. The van der Waals surface area contributed by atoms with Gasteiger partial charge < -0.3 is 14.9 Å². The topological polar surface area (TPSA) is 43.8 Å². The van der Waals surface area contributed by atoms with Crippen molar-refractivity contribution in [1.29, 1.82) is 0 Å². The number of thiophene rings is 1. The first-order valence-electron chi connectivity index (χ1n) is 8.22. The number of hydrogen-bond acceptors (Lipinski definition) is 4. The minimum atomic E-state index is -0.337. The average Bonchev–Trinajstić information content (AvgIpc) is 3.22. The van der Waals surface area contributed by atoms with Gasteiger partial charge >= 0.3 is 0 Å². The smallest absolute Gasteiger partial charge is 0.264 e. The van der Waals surface area contributed by atoms with Gasteiger partial charge in [-0.1, -0.05) is 30.3 Å². The Morgan fingerprint density at radius 2 is 2.04 bits per heavy atom. The van der Waals surface area contributed by atoms with Crippen LogP contribution < -0.4 is 0 Å². The van der Waals surface area contributed by atoms with Crippen LogP contribution in [0, 0.1) is 0 Å². The SMILES string of the molecule is CN(C)Cc1ccsc1C(=O)N1CCC(CO)(c2ccccc2)C1. The maximum Gasteiger partial charge on any atom is 0.264 e. The minimum absolute atomic E-state index is 0.0653. The normalized spacial score (nSPS) is 20.8. The van der Waals surface area contributed by atoms with Gasteiger partial charge in [-0.3, -0.25) is 4.79 Å². The molecule has 5 heteroatoms. The van der Waals surface area contributed by atoms with Gasteiger partial charge in [-0.15, -0.1) is 11.3 Å². The predicted octanol–water partition coefficient (Wildman–Crippen LogP) is 2.59. The van der Waals surface area contributed by atoms with E-state index in [1.54, 1.807) is 0 Å². The summed E-state index contributed by atoms with van der Waals surface area (Å²) < 4.78 is 0. The molecule has 3 rings (SSSR count). The number of carbonyl (C=O) groups excluding carboxylic acids is 1. The molecule has 1 N–H and O–H groups in total. The Bertz CT molecular complexity index is 698. The van der Waals surface area contributed by atoms with Gasteiger partial charge in [-0.25, -0.2) is 0 Å². The summed E-state index contributed by atoms with van der Waals surface area (Å²) in [5.74, 6) is 0.0908. The summed E-state index contributed by atoms with van der Waals surface area (Å²) in [7, 11) is 4.02. The molecule has 1 aromatic heterocycles. The highest BCUT2D eigenvalue weighted by molar-refractivity contribution is 7.12. The summed E-state index contributed by atoms with van der Waals surface area (Å²) in [6, 6.07) is 12.1. The van der Waals surface area contributed by atoms with Crippen molar-refractivity contribution in [3.63, 3.8) is 0 Å². The molecular formula is C19H24N2O2S. The number of nitrogens with zero attached hydrogens (tertiary/aromatic N) is 2. The van der Waals surface area contributed by atoms with Gasteiger partial charge in [0.2, 0.25) is 0 Å². The second-order valence-electron chi connectivity index (χ2n) is 6.79. The van der Waals surface area contributed by atoms with Gasteiger partial charge in [0.05, 0.1) is 11.5 Å². The number of aliphatic hydroxyl groups excluding tert-OH is 1. The molecule has 0 radical (unpaired) electrons. The molecule has 24 heavy (non-hydrogen) atoms. The lowest BCUT2D eigenvalue weighted by molar-refractivity contribution is 0.0777. The molecule has 1 saturated heterocycles. The number of aliphatic hydroxyl groups is 1. The number of rotatable bonds is 5. The molecule has 1 aromatic carbocycles. The lowest BCUT2D eigenvalue weighted by Gasteiger charge is -2.27. The van der Waals surface area contributed by atoms with Crippen molar-refractivity contribution in [2.75, 3.05) is 33.8 Å². The Balaban J connectivity index is 1.80. The largest absolute Gasteiger partial charge is 0.395 e. The highest BCUT2D eigenvalue weighted by Gasteiger charge is 2.41. The average molecular weight is 344 g/mol. The highest BCUT2D eigenvalue weighted by Crippen LogP contribution is 2.35. The number of benzene rings is 1. The van der Waals surface area contributed by atoms with Crippen molar-refractivity contribution >= 4 is 17.2 Å². The zero-order valence-electron chi connectivity index (χ0n) is 14.2. The zero-order chi connectivity index (χ0) is 17.2. The van der Waals surface area contributed by atoms with Gasteiger partial charge in [-0.05, 0) is 43.1 Å². The summed E-state index contributed by atoms with van der Waals surface area (Å²) in [5, 5.41) is 12.0. The molecule has 128 valence electrons.